The van der Waals surface area contributed by atoms with Crippen LogP contribution in [0.25, 0.3) is 0 Å². The van der Waals surface area contributed by atoms with Crippen molar-refractivity contribution in [2.75, 3.05) is 11.9 Å². The minimum absolute atomic E-state index is 0.225. The second-order valence-electron chi connectivity index (χ2n) is 5.02. The van der Waals surface area contributed by atoms with Gasteiger partial charge in [0.2, 0.25) is 10.0 Å². The third-order valence-electron chi connectivity index (χ3n) is 3.32. The number of benzene rings is 2. The van der Waals surface area contributed by atoms with E-state index in [2.05, 4.69) is 0 Å². The third kappa shape index (κ3) is 3.96. The van der Waals surface area contributed by atoms with E-state index in [0.717, 1.165) is 6.07 Å². The molecule has 2 N–H and O–H groups in total. The molecule has 0 aliphatic carbocycles. The number of nitrogens with zero attached hydrogens (tertiary/aromatic N) is 2. The summed E-state index contributed by atoms with van der Waals surface area (Å²) in [5.74, 6) is 0. The molecule has 0 saturated carbocycles. The molecule has 0 spiro atoms. The Morgan fingerprint density at radius 1 is 1.25 bits per heavy atom. The summed E-state index contributed by atoms with van der Waals surface area (Å²) in [7, 11) is -2.41. The van der Waals surface area contributed by atoms with E-state index in [1.165, 1.54) is 12.1 Å². The number of hydrogen-bond donors (Lipinski definition) is 1. The molecule has 0 aromatic heterocycles. The summed E-state index contributed by atoms with van der Waals surface area (Å²) in [5, 5.41) is 17.0. The lowest BCUT2D eigenvalue weighted by atomic mass is 10.2. The molecular formula is C14H13Cl2N3O4S. The van der Waals surface area contributed by atoms with Crippen LogP contribution in [0.1, 0.15) is 5.56 Å². The fraction of sp³-hybridized carbons (Fsp3) is 0.143. The normalized spacial score (nSPS) is 11.3. The van der Waals surface area contributed by atoms with Gasteiger partial charge in [-0.3, -0.25) is 10.1 Å². The molecule has 10 heteroatoms. The summed E-state index contributed by atoms with van der Waals surface area (Å²) in [5.41, 5.74) is 0.530. The average molecular weight is 390 g/mol. The molecule has 7 nitrogen and oxygen atoms in total. The van der Waals surface area contributed by atoms with Crippen molar-refractivity contribution in [2.24, 2.45) is 5.14 Å². The second-order valence-corrected chi connectivity index (χ2v) is 7.37. The van der Waals surface area contributed by atoms with Gasteiger partial charge in [0.1, 0.15) is 5.69 Å². The Morgan fingerprint density at radius 2 is 1.92 bits per heavy atom. The van der Waals surface area contributed by atoms with Crippen molar-refractivity contribution in [1.29, 1.82) is 0 Å². The molecule has 128 valence electrons. The van der Waals surface area contributed by atoms with Crippen LogP contribution in [0.3, 0.4) is 0 Å². The van der Waals surface area contributed by atoms with Crippen LogP contribution in [0.4, 0.5) is 11.4 Å². The van der Waals surface area contributed by atoms with Gasteiger partial charge in [0, 0.05) is 19.7 Å². The number of hydrogen-bond acceptors (Lipinski definition) is 5. The van der Waals surface area contributed by atoms with E-state index < -0.39 is 14.9 Å². The summed E-state index contributed by atoms with van der Waals surface area (Å²) in [6, 6.07) is 8.58. The van der Waals surface area contributed by atoms with Crippen LogP contribution in [0.15, 0.2) is 41.3 Å². The third-order valence-corrected chi connectivity index (χ3v) is 5.09. The molecule has 2 aromatic rings. The van der Waals surface area contributed by atoms with E-state index in [-0.39, 0.29) is 22.8 Å². The van der Waals surface area contributed by atoms with E-state index in [9.17, 15) is 18.5 Å². The lowest BCUT2D eigenvalue weighted by Gasteiger charge is -2.20. The average Bonchev–Trinajstić information content (AvgIpc) is 2.50. The molecule has 0 amide bonds. The number of primary sulfonamides is 1. The fourth-order valence-corrected chi connectivity index (χ4v) is 3.07. The Hall–Kier alpha value is -1.87. The molecule has 2 aromatic carbocycles. The predicted octanol–water partition coefficient (Wildman–Crippen LogP) is 3.19. The number of halogens is 2. The zero-order valence-electron chi connectivity index (χ0n) is 12.4. The number of nitro groups is 1. The van der Waals surface area contributed by atoms with Gasteiger partial charge in [0.25, 0.3) is 5.69 Å². The van der Waals surface area contributed by atoms with Crippen LogP contribution >= 0.6 is 23.2 Å². The number of anilines is 1. The molecule has 24 heavy (non-hydrogen) atoms. The predicted molar refractivity (Wildman–Crippen MR) is 93.0 cm³/mol. The smallest absolute Gasteiger partial charge is 0.293 e. The fourth-order valence-electron chi connectivity index (χ4n) is 2.16. The molecule has 0 bridgehead atoms. The van der Waals surface area contributed by atoms with Gasteiger partial charge >= 0.3 is 0 Å². The van der Waals surface area contributed by atoms with Crippen molar-refractivity contribution < 1.29 is 13.3 Å². The van der Waals surface area contributed by atoms with E-state index in [1.807, 2.05) is 0 Å². The molecule has 2 rings (SSSR count). The van der Waals surface area contributed by atoms with Crippen molar-refractivity contribution in [3.63, 3.8) is 0 Å². The van der Waals surface area contributed by atoms with Crippen molar-refractivity contribution in [3.05, 3.63) is 62.1 Å². The van der Waals surface area contributed by atoms with Gasteiger partial charge in [0.05, 0.1) is 19.9 Å². The summed E-state index contributed by atoms with van der Waals surface area (Å²) < 4.78 is 22.7. The van der Waals surface area contributed by atoms with Crippen LogP contribution in [0.2, 0.25) is 10.0 Å². The second kappa shape index (κ2) is 6.94. The largest absolute Gasteiger partial charge is 0.365 e. The van der Waals surface area contributed by atoms with E-state index in [4.69, 9.17) is 28.3 Å². The molecule has 0 unspecified atom stereocenters. The SMILES string of the molecule is CN(Cc1cccc(Cl)c1Cl)c1ccc(S(N)(=O)=O)cc1[N+](=O)[O-]. The standard InChI is InChI=1S/C14H13Cl2N3O4S/c1-18(8-9-3-2-4-11(15)14(9)16)12-6-5-10(24(17,22)23)7-13(12)19(20)21/h2-7H,8H2,1H3,(H2,17,22,23). The quantitative estimate of drug-likeness (QED) is 0.623. The molecule has 0 saturated heterocycles. The van der Waals surface area contributed by atoms with E-state index >= 15 is 0 Å². The molecule has 0 fully saturated rings. The van der Waals surface area contributed by atoms with Crippen molar-refractivity contribution in [1.82, 2.24) is 0 Å². The number of nitrogens with two attached hydrogens (primary N) is 1. The highest BCUT2D eigenvalue weighted by atomic mass is 35.5. The van der Waals surface area contributed by atoms with Crippen LogP contribution in [-0.2, 0) is 16.6 Å². The highest BCUT2D eigenvalue weighted by Crippen LogP contribution is 2.32. The number of sulfonamides is 1. The number of rotatable bonds is 5. The zero-order chi connectivity index (χ0) is 18.1. The summed E-state index contributed by atoms with van der Waals surface area (Å²) in [6.45, 7) is 0.245. The van der Waals surface area contributed by atoms with E-state index in [0.29, 0.717) is 15.6 Å². The Morgan fingerprint density at radius 3 is 2.50 bits per heavy atom. The van der Waals surface area contributed by atoms with Gasteiger partial charge in [-0.05, 0) is 23.8 Å². The monoisotopic (exact) mass is 389 g/mol. The molecular weight excluding hydrogens is 377 g/mol. The maximum atomic E-state index is 11.4. The lowest BCUT2D eigenvalue weighted by molar-refractivity contribution is -0.384. The minimum Gasteiger partial charge on any atom is -0.365 e. The molecule has 0 atom stereocenters. The highest BCUT2D eigenvalue weighted by molar-refractivity contribution is 7.89. The van der Waals surface area contributed by atoms with Gasteiger partial charge in [-0.1, -0.05) is 35.3 Å². The van der Waals surface area contributed by atoms with Gasteiger partial charge in [0.15, 0.2) is 0 Å². The van der Waals surface area contributed by atoms with E-state index in [1.54, 1.807) is 30.1 Å². The number of nitro benzene ring substituents is 1. The Labute approximate surface area is 148 Å². The van der Waals surface area contributed by atoms with Gasteiger partial charge in [-0.25, -0.2) is 13.6 Å². The van der Waals surface area contributed by atoms with Gasteiger partial charge < -0.3 is 4.90 Å². The summed E-state index contributed by atoms with van der Waals surface area (Å²) >= 11 is 12.1. The zero-order valence-corrected chi connectivity index (χ0v) is 14.8. The van der Waals surface area contributed by atoms with Crippen LogP contribution in [-0.4, -0.2) is 20.4 Å². The van der Waals surface area contributed by atoms with Crippen molar-refractivity contribution >= 4 is 44.6 Å². The van der Waals surface area contributed by atoms with Gasteiger partial charge in [-0.2, -0.15) is 0 Å². The molecule has 0 heterocycles. The maximum Gasteiger partial charge on any atom is 0.293 e. The highest BCUT2D eigenvalue weighted by Gasteiger charge is 2.22. The van der Waals surface area contributed by atoms with Crippen molar-refractivity contribution in [3.8, 4) is 0 Å². The first-order valence-corrected chi connectivity index (χ1v) is 8.86. The van der Waals surface area contributed by atoms with Crippen LogP contribution in [0, 0.1) is 10.1 Å². The molecule has 0 aliphatic rings. The topological polar surface area (TPSA) is 107 Å². The Kier molecular flexibility index (Phi) is 5.34. The summed E-state index contributed by atoms with van der Waals surface area (Å²) in [6.07, 6.45) is 0. The maximum absolute atomic E-state index is 11.4. The Bertz CT molecular complexity index is 903. The minimum atomic E-state index is -4.03. The first-order chi connectivity index (χ1) is 11.1. The Balaban J connectivity index is 2.44. The summed E-state index contributed by atoms with van der Waals surface area (Å²) in [4.78, 5) is 11.9. The van der Waals surface area contributed by atoms with Crippen molar-refractivity contribution in [2.45, 2.75) is 11.4 Å². The lowest BCUT2D eigenvalue weighted by Crippen LogP contribution is -2.19. The van der Waals surface area contributed by atoms with Crippen LogP contribution < -0.4 is 10.0 Å². The first-order valence-electron chi connectivity index (χ1n) is 6.56. The first kappa shape index (κ1) is 18.5. The molecule has 0 radical (unpaired) electrons. The molecule has 0 aliphatic heterocycles. The van der Waals surface area contributed by atoms with Crippen LogP contribution in [0.5, 0.6) is 0 Å². The van der Waals surface area contributed by atoms with Gasteiger partial charge in [-0.15, -0.1) is 0 Å².